The van der Waals surface area contributed by atoms with Gasteiger partial charge in [-0.2, -0.15) is 0 Å². The summed E-state index contributed by atoms with van der Waals surface area (Å²) in [4.78, 5) is 40.9. The minimum atomic E-state index is -0.904. The smallest absolute Gasteiger partial charge is 0.221 e. The summed E-state index contributed by atoms with van der Waals surface area (Å²) >= 11 is 0. The molecule has 1 heterocycles. The number of hydrogen-bond acceptors (Lipinski definition) is 6. The van der Waals surface area contributed by atoms with E-state index in [-0.39, 0.29) is 30.5 Å². The molecule has 0 aliphatic rings. The zero-order valence-electron chi connectivity index (χ0n) is 23.5. The lowest BCUT2D eigenvalue weighted by atomic mass is 9.92. The Balaban J connectivity index is 1.42. The third-order valence-electron chi connectivity index (χ3n) is 7.17. The lowest BCUT2D eigenvalue weighted by Crippen LogP contribution is -2.51. The Morgan fingerprint density at radius 3 is 2.39 bits per heavy atom. The fraction of sp³-hybridized carbons (Fsp3) is 0.303. The molecule has 0 saturated carbocycles. The Morgan fingerprint density at radius 2 is 1.63 bits per heavy atom. The van der Waals surface area contributed by atoms with Crippen LogP contribution in [0.1, 0.15) is 36.5 Å². The summed E-state index contributed by atoms with van der Waals surface area (Å²) in [5, 5.41) is 3.84. The van der Waals surface area contributed by atoms with Crippen molar-refractivity contribution in [3.63, 3.8) is 0 Å². The van der Waals surface area contributed by atoms with Crippen LogP contribution in [0.15, 0.2) is 79.0 Å². The first-order chi connectivity index (χ1) is 19.8. The number of rotatable bonds is 15. The third kappa shape index (κ3) is 8.28. The average molecular weight is 556 g/mol. The van der Waals surface area contributed by atoms with Gasteiger partial charge in [0.15, 0.2) is 5.78 Å². The summed E-state index contributed by atoms with van der Waals surface area (Å²) in [5.74, 6) is 0.238. The summed E-state index contributed by atoms with van der Waals surface area (Å²) in [6.45, 7) is 1.38. The number of nitrogens with one attached hydrogen (secondary N) is 2. The van der Waals surface area contributed by atoms with Crippen LogP contribution in [0.5, 0.6) is 11.5 Å². The number of fused-ring (bicyclic) bond motifs is 1. The van der Waals surface area contributed by atoms with Gasteiger partial charge in [-0.25, -0.2) is 0 Å². The second kappa shape index (κ2) is 14.3. The first-order valence-electron chi connectivity index (χ1n) is 13.8. The number of aryl methyl sites for hydroxylation is 2. The summed E-state index contributed by atoms with van der Waals surface area (Å²) in [6, 6.07) is 22.8. The molecular formula is C33H37N3O5. The van der Waals surface area contributed by atoms with Gasteiger partial charge in [0.25, 0.3) is 0 Å². The number of carbonyl (C=O) groups excluding carboxylic acids is 3. The van der Waals surface area contributed by atoms with Crippen molar-refractivity contribution in [2.75, 3.05) is 13.7 Å². The highest BCUT2D eigenvalue weighted by Crippen LogP contribution is 2.23. The Kier molecular flexibility index (Phi) is 10.3. The number of hydrogen-bond donors (Lipinski definition) is 3. The monoisotopic (exact) mass is 555 g/mol. The number of aromatic amines is 1. The van der Waals surface area contributed by atoms with E-state index in [0.717, 1.165) is 33.3 Å². The Bertz CT molecular complexity index is 1480. The number of ketones is 2. The molecule has 8 heteroatoms. The van der Waals surface area contributed by atoms with Gasteiger partial charge >= 0.3 is 0 Å². The number of Topliss-reactive ketones (excluding diaryl/α,β-unsaturated/α-hetero) is 2. The van der Waals surface area contributed by atoms with E-state index in [1.165, 1.54) is 0 Å². The van der Waals surface area contributed by atoms with E-state index < -0.39 is 12.1 Å². The van der Waals surface area contributed by atoms with Gasteiger partial charge in [0.05, 0.1) is 19.2 Å². The standard InChI is InChI=1S/C33H37N3O5/c1-22(37)11-12-23-13-16-26(17-14-23)41-21-30(38)28(19-25-20-35-29-9-5-4-8-27(25)29)33(34)36-32(39)18-15-24-7-3-6-10-31(24)40-2/h3-10,13-14,16-17,20,28,33,35H,11-12,15,18-19,21,34H2,1-2H3,(H,36,39). The van der Waals surface area contributed by atoms with Crippen molar-refractivity contribution in [1.82, 2.24) is 10.3 Å². The summed E-state index contributed by atoms with van der Waals surface area (Å²) < 4.78 is 11.2. The van der Waals surface area contributed by atoms with E-state index in [2.05, 4.69) is 10.3 Å². The molecule has 1 amide bonds. The zero-order valence-corrected chi connectivity index (χ0v) is 23.5. The number of benzene rings is 3. The van der Waals surface area contributed by atoms with E-state index in [1.54, 1.807) is 26.2 Å². The predicted octanol–water partition coefficient (Wildman–Crippen LogP) is 4.54. The number of para-hydroxylation sites is 2. The highest BCUT2D eigenvalue weighted by atomic mass is 16.5. The molecule has 4 aromatic rings. The second-order valence-corrected chi connectivity index (χ2v) is 10.2. The number of nitrogens with two attached hydrogens (primary N) is 1. The normalized spacial score (nSPS) is 12.5. The highest BCUT2D eigenvalue weighted by molar-refractivity contribution is 5.87. The molecule has 4 rings (SSSR count). The number of H-pyrrole nitrogens is 1. The Hall–Kier alpha value is -4.43. The zero-order chi connectivity index (χ0) is 29.2. The Labute approximate surface area is 240 Å². The predicted molar refractivity (Wildman–Crippen MR) is 159 cm³/mol. The minimum Gasteiger partial charge on any atom is -0.496 e. The molecule has 0 saturated heterocycles. The van der Waals surface area contributed by atoms with Gasteiger partial charge in [0, 0.05) is 29.9 Å². The molecule has 41 heavy (non-hydrogen) atoms. The van der Waals surface area contributed by atoms with Crippen LogP contribution >= 0.6 is 0 Å². The number of ether oxygens (including phenoxy) is 2. The maximum atomic E-state index is 13.5. The lowest BCUT2D eigenvalue weighted by Gasteiger charge is -2.24. The van der Waals surface area contributed by atoms with Crippen molar-refractivity contribution in [3.05, 3.63) is 95.7 Å². The van der Waals surface area contributed by atoms with Gasteiger partial charge in [-0.05, 0) is 67.1 Å². The molecule has 0 aliphatic heterocycles. The Morgan fingerprint density at radius 1 is 0.902 bits per heavy atom. The fourth-order valence-corrected chi connectivity index (χ4v) is 4.83. The average Bonchev–Trinajstić information content (AvgIpc) is 3.39. The SMILES string of the molecule is COc1ccccc1CCC(=O)NC(N)C(Cc1c[nH]c2ccccc12)C(=O)COc1ccc(CCC(C)=O)cc1. The van der Waals surface area contributed by atoms with E-state index in [9.17, 15) is 14.4 Å². The summed E-state index contributed by atoms with van der Waals surface area (Å²) in [5.41, 5.74) is 10.3. The highest BCUT2D eigenvalue weighted by Gasteiger charge is 2.28. The number of aromatic nitrogens is 1. The van der Waals surface area contributed by atoms with Crippen molar-refractivity contribution in [3.8, 4) is 11.5 Å². The van der Waals surface area contributed by atoms with Crippen molar-refractivity contribution >= 4 is 28.4 Å². The van der Waals surface area contributed by atoms with Crippen LogP contribution in [0.4, 0.5) is 0 Å². The summed E-state index contributed by atoms with van der Waals surface area (Å²) in [6.07, 6.45) is 3.14. The van der Waals surface area contributed by atoms with Gasteiger partial charge in [-0.3, -0.25) is 9.59 Å². The van der Waals surface area contributed by atoms with Gasteiger partial charge in [-0.15, -0.1) is 0 Å². The topological polar surface area (TPSA) is 124 Å². The molecule has 0 radical (unpaired) electrons. The van der Waals surface area contributed by atoms with Crippen LogP contribution < -0.4 is 20.5 Å². The van der Waals surface area contributed by atoms with E-state index >= 15 is 0 Å². The van der Waals surface area contributed by atoms with Crippen LogP contribution in [0.2, 0.25) is 0 Å². The molecule has 1 aromatic heterocycles. The van der Waals surface area contributed by atoms with Crippen molar-refractivity contribution in [2.45, 2.75) is 45.2 Å². The molecular weight excluding hydrogens is 518 g/mol. The molecule has 0 fully saturated rings. The maximum Gasteiger partial charge on any atom is 0.221 e. The van der Waals surface area contributed by atoms with E-state index in [0.29, 0.717) is 31.4 Å². The molecule has 214 valence electrons. The van der Waals surface area contributed by atoms with Crippen LogP contribution in [0.3, 0.4) is 0 Å². The third-order valence-corrected chi connectivity index (χ3v) is 7.17. The van der Waals surface area contributed by atoms with Gasteiger partial charge in [0.1, 0.15) is 23.9 Å². The quantitative estimate of drug-likeness (QED) is 0.185. The molecule has 2 atom stereocenters. The minimum absolute atomic E-state index is 0.139. The molecule has 2 unspecified atom stereocenters. The molecule has 4 N–H and O–H groups in total. The van der Waals surface area contributed by atoms with E-state index in [1.807, 2.05) is 66.9 Å². The molecule has 3 aromatic carbocycles. The molecule has 8 nitrogen and oxygen atoms in total. The molecule has 0 bridgehead atoms. The van der Waals surface area contributed by atoms with E-state index in [4.69, 9.17) is 15.2 Å². The second-order valence-electron chi connectivity index (χ2n) is 10.2. The lowest BCUT2D eigenvalue weighted by molar-refractivity contribution is -0.127. The first kappa shape index (κ1) is 29.6. The van der Waals surface area contributed by atoms with Crippen LogP contribution in [-0.2, 0) is 33.6 Å². The number of methoxy groups -OCH3 is 1. The van der Waals surface area contributed by atoms with Crippen LogP contribution in [0.25, 0.3) is 10.9 Å². The van der Waals surface area contributed by atoms with Crippen LogP contribution in [0, 0.1) is 5.92 Å². The molecule has 0 spiro atoms. The molecule has 0 aliphatic carbocycles. The van der Waals surface area contributed by atoms with Gasteiger partial charge in [-0.1, -0.05) is 48.5 Å². The van der Waals surface area contributed by atoms with Crippen molar-refractivity contribution in [2.24, 2.45) is 11.7 Å². The van der Waals surface area contributed by atoms with Crippen molar-refractivity contribution in [1.29, 1.82) is 0 Å². The number of amides is 1. The number of carbonyl (C=O) groups is 3. The van der Waals surface area contributed by atoms with Crippen molar-refractivity contribution < 1.29 is 23.9 Å². The van der Waals surface area contributed by atoms with Crippen LogP contribution in [-0.4, -0.2) is 42.3 Å². The maximum absolute atomic E-state index is 13.5. The fourth-order valence-electron chi connectivity index (χ4n) is 4.83. The van der Waals surface area contributed by atoms with Gasteiger partial charge < -0.3 is 30.3 Å². The largest absolute Gasteiger partial charge is 0.496 e. The van der Waals surface area contributed by atoms with Gasteiger partial charge in [0.2, 0.25) is 5.91 Å². The summed E-state index contributed by atoms with van der Waals surface area (Å²) in [7, 11) is 1.60. The first-order valence-corrected chi connectivity index (χ1v) is 13.8.